The zero-order valence-corrected chi connectivity index (χ0v) is 40.7. The molecule has 14 rings (SSSR count). The highest BCUT2D eigenvalue weighted by Crippen LogP contribution is 2.57. The minimum Gasteiger partial charge on any atom is -0.310 e. The van der Waals surface area contributed by atoms with E-state index in [1.54, 1.807) is 0 Å². The summed E-state index contributed by atoms with van der Waals surface area (Å²) < 4.78 is 0. The van der Waals surface area contributed by atoms with Crippen molar-refractivity contribution in [2.75, 3.05) is 4.90 Å². The SMILES string of the molecule is c1ccc(C2(c3ccccc3)c3ccccc3-c3ccc(-c4ccc(N(c5ccc(-c6ccc7c(ccc8ccccc87)c6)cc5)c5cccc(-c6cccc(-c7cccc8ccccc78)c6)c5)cc4)cc32)cc1. The first-order chi connectivity index (χ1) is 36.7. The molecule has 0 saturated heterocycles. The third-order valence-electron chi connectivity index (χ3n) is 15.5. The summed E-state index contributed by atoms with van der Waals surface area (Å²) in [5.74, 6) is 0. The van der Waals surface area contributed by atoms with Crippen molar-refractivity contribution in [1.29, 1.82) is 0 Å². The van der Waals surface area contributed by atoms with Crippen LogP contribution < -0.4 is 4.90 Å². The summed E-state index contributed by atoms with van der Waals surface area (Å²) in [7, 11) is 0. The molecule has 1 nitrogen and oxygen atoms in total. The Morgan fingerprint density at radius 2 is 0.689 bits per heavy atom. The summed E-state index contributed by atoms with van der Waals surface area (Å²) in [6, 6.07) is 110. The second-order valence-electron chi connectivity index (χ2n) is 19.6. The largest absolute Gasteiger partial charge is 0.310 e. The number of benzene rings is 13. The third-order valence-corrected chi connectivity index (χ3v) is 15.5. The summed E-state index contributed by atoms with van der Waals surface area (Å²) in [4.78, 5) is 2.40. The van der Waals surface area contributed by atoms with Crippen LogP contribution in [0.15, 0.2) is 297 Å². The molecule has 0 radical (unpaired) electrons. The van der Waals surface area contributed by atoms with E-state index >= 15 is 0 Å². The van der Waals surface area contributed by atoms with E-state index in [9.17, 15) is 0 Å². The van der Waals surface area contributed by atoms with Crippen LogP contribution in [0.5, 0.6) is 0 Å². The van der Waals surface area contributed by atoms with Gasteiger partial charge in [-0.25, -0.2) is 0 Å². The van der Waals surface area contributed by atoms with Crippen molar-refractivity contribution >= 4 is 49.4 Å². The molecule has 0 aromatic heterocycles. The predicted molar refractivity (Wildman–Crippen MR) is 313 cm³/mol. The van der Waals surface area contributed by atoms with E-state index in [1.807, 2.05) is 0 Å². The van der Waals surface area contributed by atoms with Crippen LogP contribution in [0.25, 0.3) is 88.0 Å². The molecule has 13 aromatic carbocycles. The highest BCUT2D eigenvalue weighted by atomic mass is 15.1. The van der Waals surface area contributed by atoms with Crippen LogP contribution in [-0.4, -0.2) is 0 Å². The van der Waals surface area contributed by atoms with Gasteiger partial charge in [0.1, 0.15) is 0 Å². The average molecular weight is 940 g/mol. The van der Waals surface area contributed by atoms with Gasteiger partial charge in [0, 0.05) is 17.1 Å². The number of hydrogen-bond donors (Lipinski definition) is 0. The van der Waals surface area contributed by atoms with Gasteiger partial charge in [0.05, 0.1) is 5.41 Å². The molecule has 0 aliphatic heterocycles. The van der Waals surface area contributed by atoms with Gasteiger partial charge in [0.25, 0.3) is 0 Å². The Bertz CT molecular complexity index is 4180. The second kappa shape index (κ2) is 17.9. The van der Waals surface area contributed by atoms with E-state index in [4.69, 9.17) is 0 Å². The molecule has 1 aliphatic carbocycles. The van der Waals surface area contributed by atoms with Gasteiger partial charge in [0.15, 0.2) is 0 Å². The monoisotopic (exact) mass is 939 g/mol. The maximum Gasteiger partial charge on any atom is 0.0713 e. The van der Waals surface area contributed by atoms with Crippen molar-refractivity contribution in [2.24, 2.45) is 0 Å². The molecule has 0 bridgehead atoms. The number of fused-ring (bicyclic) bond motifs is 7. The molecule has 1 heteroatoms. The van der Waals surface area contributed by atoms with Gasteiger partial charge in [-0.05, 0) is 165 Å². The van der Waals surface area contributed by atoms with Crippen molar-refractivity contribution in [2.45, 2.75) is 5.41 Å². The number of anilines is 3. The first-order valence-corrected chi connectivity index (χ1v) is 25.6. The Labute approximate surface area is 432 Å². The van der Waals surface area contributed by atoms with Crippen molar-refractivity contribution < 1.29 is 0 Å². The normalized spacial score (nSPS) is 12.4. The molecule has 0 fully saturated rings. The lowest BCUT2D eigenvalue weighted by Crippen LogP contribution is -2.28. The minimum atomic E-state index is -0.464. The molecule has 346 valence electrons. The Balaban J connectivity index is 0.867. The summed E-state index contributed by atoms with van der Waals surface area (Å²) >= 11 is 0. The number of nitrogens with zero attached hydrogens (tertiary/aromatic N) is 1. The van der Waals surface area contributed by atoms with Gasteiger partial charge in [0.2, 0.25) is 0 Å². The molecule has 13 aromatic rings. The van der Waals surface area contributed by atoms with Crippen LogP contribution in [0.1, 0.15) is 22.3 Å². The summed E-state index contributed by atoms with van der Waals surface area (Å²) in [5, 5.41) is 7.56. The van der Waals surface area contributed by atoms with E-state index < -0.39 is 5.41 Å². The first-order valence-electron chi connectivity index (χ1n) is 25.6. The van der Waals surface area contributed by atoms with E-state index in [-0.39, 0.29) is 0 Å². The van der Waals surface area contributed by atoms with E-state index in [1.165, 1.54) is 105 Å². The van der Waals surface area contributed by atoms with E-state index in [0.29, 0.717) is 0 Å². The fraction of sp³-hybridized carbons (Fsp3) is 0.0137. The first kappa shape index (κ1) is 43.2. The lowest BCUT2D eigenvalue weighted by molar-refractivity contribution is 0.769. The standard InChI is InChI=1S/C73H49N/c1-3-22-60(23-4-1)73(61-24-5-2-6-25-61)71-31-12-11-29-69(71)70-45-39-57(49-72(70)73)51-36-42-63(43-37-51)74(62-40-34-50(35-41-62)56-38-44-68-59(47-56)33-32-53-17-8-10-28-66(53)68)64-26-14-20-55(48-64)54-19-13-21-58(46-54)67-30-15-18-52-16-7-9-27-65(52)67/h1-49H. The van der Waals surface area contributed by atoms with Crippen LogP contribution >= 0.6 is 0 Å². The molecule has 0 heterocycles. The average Bonchev–Trinajstić information content (AvgIpc) is 3.86. The Hall–Kier alpha value is -9.56. The summed E-state index contributed by atoms with van der Waals surface area (Å²) in [6.45, 7) is 0. The molecule has 1 aliphatic rings. The van der Waals surface area contributed by atoms with Gasteiger partial charge in [-0.15, -0.1) is 0 Å². The molecular weight excluding hydrogens is 891 g/mol. The Morgan fingerprint density at radius 3 is 1.42 bits per heavy atom. The van der Waals surface area contributed by atoms with Crippen molar-refractivity contribution in [1.82, 2.24) is 0 Å². The van der Waals surface area contributed by atoms with Gasteiger partial charge in [-0.3, -0.25) is 0 Å². The molecule has 0 amide bonds. The highest BCUT2D eigenvalue weighted by molar-refractivity contribution is 6.08. The molecule has 0 unspecified atom stereocenters. The van der Waals surface area contributed by atoms with Gasteiger partial charge < -0.3 is 4.90 Å². The summed E-state index contributed by atoms with van der Waals surface area (Å²) in [6.07, 6.45) is 0. The quantitative estimate of drug-likeness (QED) is 0.130. The topological polar surface area (TPSA) is 3.24 Å². The molecule has 74 heavy (non-hydrogen) atoms. The zero-order valence-electron chi connectivity index (χ0n) is 40.7. The Kier molecular flexibility index (Phi) is 10.5. The summed E-state index contributed by atoms with van der Waals surface area (Å²) in [5.41, 5.74) is 20.0. The molecule has 0 atom stereocenters. The highest BCUT2D eigenvalue weighted by Gasteiger charge is 2.46. The van der Waals surface area contributed by atoms with Crippen LogP contribution in [-0.2, 0) is 5.41 Å². The van der Waals surface area contributed by atoms with Gasteiger partial charge in [-0.1, -0.05) is 243 Å². The van der Waals surface area contributed by atoms with Crippen LogP contribution in [0.4, 0.5) is 17.1 Å². The van der Waals surface area contributed by atoms with Gasteiger partial charge >= 0.3 is 0 Å². The zero-order chi connectivity index (χ0) is 49.0. The van der Waals surface area contributed by atoms with Crippen molar-refractivity contribution in [3.8, 4) is 55.6 Å². The van der Waals surface area contributed by atoms with Crippen LogP contribution in [0.2, 0.25) is 0 Å². The van der Waals surface area contributed by atoms with Crippen LogP contribution in [0.3, 0.4) is 0 Å². The number of hydrogen-bond acceptors (Lipinski definition) is 1. The fourth-order valence-electron chi connectivity index (χ4n) is 12.0. The van der Waals surface area contributed by atoms with E-state index in [2.05, 4.69) is 302 Å². The molecule has 0 spiro atoms. The lowest BCUT2D eigenvalue weighted by Gasteiger charge is -2.34. The van der Waals surface area contributed by atoms with E-state index in [0.717, 1.165) is 22.6 Å². The van der Waals surface area contributed by atoms with Crippen molar-refractivity contribution in [3.05, 3.63) is 320 Å². The lowest BCUT2D eigenvalue weighted by atomic mass is 9.67. The second-order valence-corrected chi connectivity index (χ2v) is 19.6. The minimum absolute atomic E-state index is 0.464. The maximum absolute atomic E-state index is 2.45. The fourth-order valence-corrected chi connectivity index (χ4v) is 12.0. The predicted octanol–water partition coefficient (Wildman–Crippen LogP) is 19.6. The maximum atomic E-state index is 2.45. The molecule has 0 N–H and O–H groups in total. The molecule has 0 saturated carbocycles. The smallest absolute Gasteiger partial charge is 0.0713 e. The number of rotatable bonds is 9. The third kappa shape index (κ3) is 7.24. The van der Waals surface area contributed by atoms with Gasteiger partial charge in [-0.2, -0.15) is 0 Å². The Morgan fingerprint density at radius 1 is 0.216 bits per heavy atom. The van der Waals surface area contributed by atoms with Crippen molar-refractivity contribution in [3.63, 3.8) is 0 Å². The van der Waals surface area contributed by atoms with Crippen LogP contribution in [0, 0.1) is 0 Å². The molecular formula is C73H49N.